The maximum absolute atomic E-state index is 13.6. The number of benzene rings is 3. The molecule has 31 heavy (non-hydrogen) atoms. The number of anilines is 1. The van der Waals surface area contributed by atoms with Crippen LogP contribution in [0.4, 0.5) is 5.69 Å². The third-order valence-corrected chi connectivity index (χ3v) is 6.13. The van der Waals surface area contributed by atoms with Gasteiger partial charge >= 0.3 is 0 Å². The second-order valence-electron chi connectivity index (χ2n) is 7.85. The normalized spacial score (nSPS) is 27.9. The summed E-state index contributed by atoms with van der Waals surface area (Å²) in [6, 6.07) is 25.6. The molecule has 3 aromatic rings. The van der Waals surface area contributed by atoms with Crippen LogP contribution >= 0.6 is 0 Å². The average molecular weight is 410 g/mol. The second-order valence-corrected chi connectivity index (χ2v) is 7.85. The highest BCUT2D eigenvalue weighted by atomic mass is 16.8. The van der Waals surface area contributed by atoms with Crippen LogP contribution in [-0.2, 0) is 30.5 Å². The molecule has 1 spiro atoms. The third kappa shape index (κ3) is 2.17. The molecule has 2 amide bonds. The van der Waals surface area contributed by atoms with Crippen LogP contribution in [0.2, 0.25) is 0 Å². The second kappa shape index (κ2) is 6.12. The van der Waals surface area contributed by atoms with Gasteiger partial charge in [-0.2, -0.15) is 0 Å². The molecule has 0 saturated carbocycles. The molecule has 0 N–H and O–H groups in total. The predicted molar refractivity (Wildman–Crippen MR) is 113 cm³/mol. The lowest BCUT2D eigenvalue weighted by atomic mass is 9.74. The van der Waals surface area contributed by atoms with Crippen LogP contribution in [0.25, 0.3) is 0 Å². The van der Waals surface area contributed by atoms with Gasteiger partial charge in [-0.1, -0.05) is 66.7 Å². The van der Waals surface area contributed by atoms with Gasteiger partial charge in [-0.05, 0) is 18.2 Å². The Hall–Kier alpha value is -3.77. The Morgan fingerprint density at radius 1 is 0.935 bits per heavy atom. The lowest BCUT2D eigenvalue weighted by Gasteiger charge is -2.53. The van der Waals surface area contributed by atoms with Crippen molar-refractivity contribution in [3.8, 4) is 0 Å². The number of hydrogen-bond donors (Lipinski definition) is 0. The molecule has 6 nitrogen and oxygen atoms in total. The van der Waals surface area contributed by atoms with Gasteiger partial charge in [0.2, 0.25) is 17.4 Å². The summed E-state index contributed by atoms with van der Waals surface area (Å²) in [6.45, 7) is 1.38. The summed E-state index contributed by atoms with van der Waals surface area (Å²) in [5, 5.41) is 0. The molecule has 152 valence electrons. The molecule has 3 aliphatic rings. The molecule has 0 aromatic heterocycles. The average Bonchev–Trinajstić information content (AvgIpc) is 3.25. The first kappa shape index (κ1) is 18.0. The summed E-state index contributed by atoms with van der Waals surface area (Å²) in [7, 11) is 0. The van der Waals surface area contributed by atoms with Gasteiger partial charge in [0.25, 0.3) is 11.7 Å². The number of imide groups is 1. The minimum atomic E-state index is -1.41. The number of ether oxygens (including phenoxy) is 2. The Morgan fingerprint density at radius 3 is 2.29 bits per heavy atom. The Bertz CT molecular complexity index is 1260. The molecule has 3 aliphatic heterocycles. The van der Waals surface area contributed by atoms with E-state index in [9.17, 15) is 9.59 Å². The Morgan fingerprint density at radius 2 is 1.58 bits per heavy atom. The Kier molecular flexibility index (Phi) is 3.56. The standard InChI is InChI=1S/C25H18N2O4/c1-16(28)27-20-15-9-8-14-19(20)24(23(27)29)22-25(31-24,18-12-6-3-7-13-18)30-21(26-22)17-10-4-2-5-11-17/h2-15,22H,1H3/t22-,24-,25+/m1/s1. The quantitative estimate of drug-likeness (QED) is 0.649. The van der Waals surface area contributed by atoms with Crippen LogP contribution in [0, 0.1) is 0 Å². The first-order valence-electron chi connectivity index (χ1n) is 10.1. The topological polar surface area (TPSA) is 68.2 Å². The minimum Gasteiger partial charge on any atom is -0.438 e. The van der Waals surface area contributed by atoms with Crippen LogP contribution in [0.1, 0.15) is 23.6 Å². The fourth-order valence-electron chi connectivity index (χ4n) is 4.81. The van der Waals surface area contributed by atoms with Crippen molar-refractivity contribution < 1.29 is 19.1 Å². The first-order chi connectivity index (χ1) is 15.1. The zero-order valence-corrected chi connectivity index (χ0v) is 16.7. The number of aliphatic imine (C=N–C) groups is 1. The van der Waals surface area contributed by atoms with Gasteiger partial charge in [0, 0.05) is 23.6 Å². The third-order valence-electron chi connectivity index (χ3n) is 6.13. The van der Waals surface area contributed by atoms with Crippen molar-refractivity contribution in [2.45, 2.75) is 24.4 Å². The van der Waals surface area contributed by atoms with Crippen molar-refractivity contribution in [3.63, 3.8) is 0 Å². The summed E-state index contributed by atoms with van der Waals surface area (Å²) < 4.78 is 12.8. The Labute approximate surface area is 178 Å². The Balaban J connectivity index is 1.55. The molecule has 0 bridgehead atoms. The monoisotopic (exact) mass is 410 g/mol. The van der Waals surface area contributed by atoms with Gasteiger partial charge in [-0.3, -0.25) is 9.59 Å². The fourth-order valence-corrected chi connectivity index (χ4v) is 4.81. The number of para-hydroxylation sites is 1. The van der Waals surface area contributed by atoms with Crippen molar-refractivity contribution in [1.82, 2.24) is 0 Å². The van der Waals surface area contributed by atoms with Crippen LogP contribution in [0.3, 0.4) is 0 Å². The summed E-state index contributed by atoms with van der Waals surface area (Å²) >= 11 is 0. The highest BCUT2D eigenvalue weighted by Gasteiger charge is 2.79. The van der Waals surface area contributed by atoms with E-state index >= 15 is 0 Å². The molecule has 6 rings (SSSR count). The lowest BCUT2D eigenvalue weighted by molar-refractivity contribution is -0.361. The van der Waals surface area contributed by atoms with Crippen LogP contribution in [-0.4, -0.2) is 23.8 Å². The summed E-state index contributed by atoms with van der Waals surface area (Å²) in [5.41, 5.74) is 1.33. The number of nitrogens with zero attached hydrogens (tertiary/aromatic N) is 2. The van der Waals surface area contributed by atoms with E-state index in [0.29, 0.717) is 17.1 Å². The van der Waals surface area contributed by atoms with E-state index in [4.69, 9.17) is 14.5 Å². The zero-order valence-electron chi connectivity index (χ0n) is 16.7. The summed E-state index contributed by atoms with van der Waals surface area (Å²) in [6.07, 6.45) is 0. The molecule has 1 saturated heterocycles. The molecule has 0 radical (unpaired) electrons. The van der Waals surface area contributed by atoms with Crippen molar-refractivity contribution in [2.75, 3.05) is 4.90 Å². The van der Waals surface area contributed by atoms with Gasteiger partial charge in [-0.15, -0.1) is 0 Å². The molecule has 6 heteroatoms. The van der Waals surface area contributed by atoms with E-state index < -0.39 is 23.3 Å². The van der Waals surface area contributed by atoms with E-state index in [1.807, 2.05) is 72.8 Å². The summed E-state index contributed by atoms with van der Waals surface area (Å²) in [4.78, 5) is 32.0. The van der Waals surface area contributed by atoms with E-state index in [2.05, 4.69) is 0 Å². The summed E-state index contributed by atoms with van der Waals surface area (Å²) in [5.74, 6) is -1.61. The minimum absolute atomic E-state index is 0.360. The van der Waals surface area contributed by atoms with Gasteiger partial charge in [0.1, 0.15) is 0 Å². The number of fused-ring (bicyclic) bond motifs is 4. The van der Waals surface area contributed by atoms with Crippen molar-refractivity contribution in [2.24, 2.45) is 4.99 Å². The van der Waals surface area contributed by atoms with Crippen LogP contribution < -0.4 is 4.90 Å². The van der Waals surface area contributed by atoms with Crippen molar-refractivity contribution in [3.05, 3.63) is 102 Å². The maximum Gasteiger partial charge on any atom is 0.273 e. The van der Waals surface area contributed by atoms with Gasteiger partial charge < -0.3 is 9.47 Å². The molecule has 0 aliphatic carbocycles. The van der Waals surface area contributed by atoms with Gasteiger partial charge in [0.05, 0.1) is 5.69 Å². The van der Waals surface area contributed by atoms with E-state index in [-0.39, 0.29) is 5.91 Å². The van der Waals surface area contributed by atoms with Crippen LogP contribution in [0.15, 0.2) is 89.9 Å². The highest BCUT2D eigenvalue weighted by molar-refractivity contribution is 6.22. The molecule has 3 aromatic carbocycles. The van der Waals surface area contributed by atoms with E-state index in [1.54, 1.807) is 12.1 Å². The molecular formula is C25H18N2O4. The largest absolute Gasteiger partial charge is 0.438 e. The SMILES string of the molecule is CC(=O)N1C(=O)[C@@]2(O[C@]3(c4ccccc4)OC(c4ccccc4)=N[C@@H]32)c2ccccc21. The van der Waals surface area contributed by atoms with Crippen molar-refractivity contribution in [1.29, 1.82) is 0 Å². The zero-order chi connectivity index (χ0) is 21.2. The van der Waals surface area contributed by atoms with E-state index in [1.165, 1.54) is 11.8 Å². The van der Waals surface area contributed by atoms with Crippen LogP contribution in [0.5, 0.6) is 0 Å². The van der Waals surface area contributed by atoms with Gasteiger partial charge in [0.15, 0.2) is 6.04 Å². The maximum atomic E-state index is 13.6. The number of hydrogen-bond acceptors (Lipinski definition) is 5. The van der Waals surface area contributed by atoms with Crippen molar-refractivity contribution >= 4 is 23.4 Å². The number of carbonyl (C=O) groups excluding carboxylic acids is 2. The predicted octanol–water partition coefficient (Wildman–Crippen LogP) is 3.50. The number of amides is 2. The highest BCUT2D eigenvalue weighted by Crippen LogP contribution is 2.63. The lowest BCUT2D eigenvalue weighted by Crippen LogP contribution is -2.70. The smallest absolute Gasteiger partial charge is 0.273 e. The number of rotatable bonds is 2. The molecule has 3 atom stereocenters. The molecule has 0 unspecified atom stereocenters. The molecule has 3 heterocycles. The number of carbonyl (C=O) groups is 2. The molecule has 1 fully saturated rings. The fraction of sp³-hybridized carbons (Fsp3) is 0.160. The van der Waals surface area contributed by atoms with E-state index in [0.717, 1.165) is 11.1 Å². The first-order valence-corrected chi connectivity index (χ1v) is 10.1. The molecular weight excluding hydrogens is 392 g/mol. The van der Waals surface area contributed by atoms with Gasteiger partial charge in [-0.25, -0.2) is 9.89 Å².